The largest absolute Gasteiger partial charge is 0.463 e. The van der Waals surface area contributed by atoms with Gasteiger partial charge >= 0.3 is 0 Å². The van der Waals surface area contributed by atoms with E-state index in [1.54, 1.807) is 30.7 Å². The molecule has 25 heavy (non-hydrogen) atoms. The summed E-state index contributed by atoms with van der Waals surface area (Å²) < 4.78 is 7.11. The summed E-state index contributed by atoms with van der Waals surface area (Å²) in [7, 11) is 0. The molecule has 3 aromatic heterocycles. The van der Waals surface area contributed by atoms with Crippen LogP contribution >= 0.6 is 0 Å². The Hall–Kier alpha value is -3.61. The van der Waals surface area contributed by atoms with Crippen molar-refractivity contribution < 1.29 is 9.21 Å². The third kappa shape index (κ3) is 3.35. The molecule has 4 rings (SSSR count). The average molecular weight is 333 g/mol. The summed E-state index contributed by atoms with van der Waals surface area (Å²) in [6.07, 6.45) is 5.20. The van der Waals surface area contributed by atoms with Crippen LogP contribution in [-0.2, 0) is 6.54 Å². The summed E-state index contributed by atoms with van der Waals surface area (Å²) in [5.41, 5.74) is 2.70. The molecular formula is C18H15N5O2. The summed E-state index contributed by atoms with van der Waals surface area (Å²) >= 11 is 0. The molecule has 124 valence electrons. The maximum Gasteiger partial charge on any atom is 0.276 e. The maximum absolute atomic E-state index is 12.4. The van der Waals surface area contributed by atoms with Crippen LogP contribution in [0.1, 0.15) is 16.1 Å². The predicted octanol–water partition coefficient (Wildman–Crippen LogP) is 3.17. The summed E-state index contributed by atoms with van der Waals surface area (Å²) in [6, 6.07) is 14.7. The minimum Gasteiger partial charge on any atom is -0.463 e. The van der Waals surface area contributed by atoms with Crippen molar-refractivity contribution in [3.8, 4) is 11.5 Å². The van der Waals surface area contributed by atoms with Gasteiger partial charge in [0.05, 0.1) is 12.8 Å². The van der Waals surface area contributed by atoms with E-state index in [4.69, 9.17) is 4.42 Å². The Morgan fingerprint density at radius 1 is 1.20 bits per heavy atom. The molecule has 1 amide bonds. The second kappa shape index (κ2) is 6.48. The van der Waals surface area contributed by atoms with E-state index in [-0.39, 0.29) is 5.91 Å². The molecule has 0 unspecified atom stereocenters. The van der Waals surface area contributed by atoms with Crippen molar-refractivity contribution in [2.45, 2.75) is 6.54 Å². The number of nitrogens with zero attached hydrogens (tertiary/aromatic N) is 3. The lowest BCUT2D eigenvalue weighted by molar-refractivity contribution is 0.102. The number of H-pyrrole nitrogens is 1. The number of hydrogen-bond donors (Lipinski definition) is 2. The van der Waals surface area contributed by atoms with Crippen LogP contribution in [0, 0.1) is 0 Å². The van der Waals surface area contributed by atoms with E-state index in [0.717, 1.165) is 5.56 Å². The molecule has 3 heterocycles. The van der Waals surface area contributed by atoms with Gasteiger partial charge in [0.1, 0.15) is 5.69 Å². The lowest BCUT2D eigenvalue weighted by Crippen LogP contribution is -2.12. The number of nitrogens with one attached hydrogen (secondary N) is 2. The van der Waals surface area contributed by atoms with Crippen molar-refractivity contribution in [3.05, 3.63) is 78.4 Å². The van der Waals surface area contributed by atoms with Gasteiger partial charge in [0.15, 0.2) is 11.5 Å². The van der Waals surface area contributed by atoms with E-state index in [0.29, 0.717) is 29.4 Å². The molecule has 0 aliphatic carbocycles. The Balaban J connectivity index is 1.47. The number of amides is 1. The van der Waals surface area contributed by atoms with Gasteiger partial charge in [-0.05, 0) is 35.9 Å². The molecule has 1 aromatic carbocycles. The zero-order valence-corrected chi connectivity index (χ0v) is 13.2. The molecule has 0 radical (unpaired) electrons. The Morgan fingerprint density at radius 3 is 2.96 bits per heavy atom. The molecule has 0 aliphatic rings. The first-order valence-electron chi connectivity index (χ1n) is 7.75. The fraction of sp³-hybridized carbons (Fsp3) is 0.0556. The summed E-state index contributed by atoms with van der Waals surface area (Å²) in [6.45, 7) is 0.641. The van der Waals surface area contributed by atoms with Crippen molar-refractivity contribution in [2.75, 3.05) is 5.32 Å². The molecule has 0 saturated heterocycles. The lowest BCUT2D eigenvalue weighted by atomic mass is 10.2. The molecule has 0 bridgehead atoms. The van der Waals surface area contributed by atoms with Gasteiger partial charge in [-0.15, -0.1) is 0 Å². The zero-order valence-electron chi connectivity index (χ0n) is 13.2. The van der Waals surface area contributed by atoms with E-state index in [1.165, 1.54) is 0 Å². The minimum atomic E-state index is -0.287. The molecule has 0 atom stereocenters. The van der Waals surface area contributed by atoms with Gasteiger partial charge in [-0.2, -0.15) is 10.2 Å². The Bertz CT molecular complexity index is 971. The first-order chi connectivity index (χ1) is 12.3. The lowest BCUT2D eigenvalue weighted by Gasteiger charge is -2.06. The van der Waals surface area contributed by atoms with Crippen LogP contribution < -0.4 is 5.32 Å². The number of anilines is 1. The normalized spacial score (nSPS) is 10.7. The highest BCUT2D eigenvalue weighted by Gasteiger charge is 2.13. The highest BCUT2D eigenvalue weighted by Crippen LogP contribution is 2.19. The van der Waals surface area contributed by atoms with Crippen LogP contribution in [0.4, 0.5) is 5.69 Å². The number of rotatable bonds is 5. The van der Waals surface area contributed by atoms with Gasteiger partial charge in [-0.25, -0.2) is 0 Å². The van der Waals surface area contributed by atoms with Crippen LogP contribution in [0.2, 0.25) is 0 Å². The third-order valence-electron chi connectivity index (χ3n) is 3.69. The van der Waals surface area contributed by atoms with Gasteiger partial charge in [0, 0.05) is 24.1 Å². The highest BCUT2D eigenvalue weighted by atomic mass is 16.3. The standard InChI is InChI=1S/C18H15N5O2/c24-18(16-11-15(21-22-16)17-6-2-9-25-17)20-14-5-1-4-13(10-14)12-23-8-3-7-19-23/h1-11H,12H2,(H,20,24)(H,21,22). The van der Waals surface area contributed by atoms with Crippen LogP contribution in [-0.4, -0.2) is 25.9 Å². The van der Waals surface area contributed by atoms with Gasteiger partial charge in [-0.1, -0.05) is 12.1 Å². The molecule has 2 N–H and O–H groups in total. The molecule has 0 aliphatic heterocycles. The van der Waals surface area contributed by atoms with Crippen molar-refractivity contribution in [1.29, 1.82) is 0 Å². The van der Waals surface area contributed by atoms with Crippen molar-refractivity contribution in [1.82, 2.24) is 20.0 Å². The first-order valence-corrected chi connectivity index (χ1v) is 7.75. The van der Waals surface area contributed by atoms with Crippen LogP contribution in [0.3, 0.4) is 0 Å². The fourth-order valence-corrected chi connectivity index (χ4v) is 2.52. The number of carbonyl (C=O) groups is 1. The third-order valence-corrected chi connectivity index (χ3v) is 3.69. The molecule has 0 saturated carbocycles. The Labute approximate surface area is 143 Å². The van der Waals surface area contributed by atoms with Gasteiger partial charge in [0.2, 0.25) is 0 Å². The van der Waals surface area contributed by atoms with Crippen molar-refractivity contribution in [2.24, 2.45) is 0 Å². The maximum atomic E-state index is 12.4. The molecule has 7 nitrogen and oxygen atoms in total. The SMILES string of the molecule is O=C(Nc1cccc(Cn2cccn2)c1)c1cc(-c2ccco2)[nH]n1. The van der Waals surface area contributed by atoms with Crippen LogP contribution in [0.25, 0.3) is 11.5 Å². The quantitative estimate of drug-likeness (QED) is 0.587. The number of carbonyl (C=O) groups excluding carboxylic acids is 1. The predicted molar refractivity (Wildman–Crippen MR) is 92.0 cm³/mol. The monoisotopic (exact) mass is 333 g/mol. The summed E-state index contributed by atoms with van der Waals surface area (Å²) in [5, 5.41) is 13.9. The first kappa shape index (κ1) is 14.9. The molecule has 0 fully saturated rings. The molecule has 4 aromatic rings. The van der Waals surface area contributed by atoms with Crippen LogP contribution in [0.15, 0.2) is 71.6 Å². The molecule has 0 spiro atoms. The summed E-state index contributed by atoms with van der Waals surface area (Å²) in [5.74, 6) is 0.345. The van der Waals surface area contributed by atoms with E-state index < -0.39 is 0 Å². The van der Waals surface area contributed by atoms with Crippen molar-refractivity contribution >= 4 is 11.6 Å². The van der Waals surface area contributed by atoms with Crippen molar-refractivity contribution in [3.63, 3.8) is 0 Å². The minimum absolute atomic E-state index is 0.287. The number of furan rings is 1. The number of benzene rings is 1. The van der Waals surface area contributed by atoms with E-state index in [9.17, 15) is 4.79 Å². The smallest absolute Gasteiger partial charge is 0.276 e. The topological polar surface area (TPSA) is 88.7 Å². The van der Waals surface area contributed by atoms with Crippen LogP contribution in [0.5, 0.6) is 0 Å². The Kier molecular flexibility index (Phi) is 3.88. The molecular weight excluding hydrogens is 318 g/mol. The zero-order chi connectivity index (χ0) is 17.1. The van der Waals surface area contributed by atoms with E-state index in [1.807, 2.05) is 41.2 Å². The number of aromatic amines is 1. The number of aromatic nitrogens is 4. The molecule has 7 heteroatoms. The average Bonchev–Trinajstić information content (AvgIpc) is 3.37. The Morgan fingerprint density at radius 2 is 2.16 bits per heavy atom. The van der Waals surface area contributed by atoms with E-state index >= 15 is 0 Å². The van der Waals surface area contributed by atoms with E-state index in [2.05, 4.69) is 20.6 Å². The second-order valence-electron chi connectivity index (χ2n) is 5.50. The van der Waals surface area contributed by atoms with Gasteiger partial charge in [-0.3, -0.25) is 14.6 Å². The van der Waals surface area contributed by atoms with Gasteiger partial charge < -0.3 is 9.73 Å². The number of hydrogen-bond acceptors (Lipinski definition) is 4. The highest BCUT2D eigenvalue weighted by molar-refractivity contribution is 6.03. The van der Waals surface area contributed by atoms with Gasteiger partial charge in [0.25, 0.3) is 5.91 Å². The fourth-order valence-electron chi connectivity index (χ4n) is 2.52. The second-order valence-corrected chi connectivity index (χ2v) is 5.50. The summed E-state index contributed by atoms with van der Waals surface area (Å²) in [4.78, 5) is 12.4.